The second kappa shape index (κ2) is 9.74. The molecule has 4 rings (SSSR count). The van der Waals surface area contributed by atoms with Crippen molar-refractivity contribution in [1.29, 1.82) is 0 Å². The third kappa shape index (κ3) is 4.29. The highest BCUT2D eigenvalue weighted by Gasteiger charge is 2.59. The molecule has 10 atom stereocenters. The van der Waals surface area contributed by atoms with Gasteiger partial charge in [-0.25, -0.2) is 0 Å². The number of aliphatic hydroxyl groups is 1. The third-order valence-electron chi connectivity index (χ3n) is 10.1. The average Bonchev–Trinajstić information content (AvgIpc) is 3.11. The van der Waals surface area contributed by atoms with Crippen molar-refractivity contribution in [2.45, 2.75) is 110 Å². The van der Waals surface area contributed by atoms with Gasteiger partial charge >= 0.3 is 5.97 Å². The highest BCUT2D eigenvalue weighted by molar-refractivity contribution is 5.79. The van der Waals surface area contributed by atoms with E-state index in [-0.39, 0.29) is 35.6 Å². The molecule has 182 valence electrons. The van der Waals surface area contributed by atoms with E-state index >= 15 is 0 Å². The van der Waals surface area contributed by atoms with Gasteiger partial charge in [0, 0.05) is 18.3 Å². The van der Waals surface area contributed by atoms with E-state index in [0.29, 0.717) is 41.8 Å². The lowest BCUT2D eigenvalue weighted by Crippen LogP contribution is -2.54. The van der Waals surface area contributed by atoms with Gasteiger partial charge in [0.15, 0.2) is 0 Å². The summed E-state index contributed by atoms with van der Waals surface area (Å²) in [5.41, 5.74) is 0.150. The molecule has 0 aliphatic heterocycles. The van der Waals surface area contributed by atoms with Crippen LogP contribution in [0.5, 0.6) is 0 Å². The molecule has 0 bridgehead atoms. The van der Waals surface area contributed by atoms with Crippen LogP contribution in [-0.4, -0.2) is 42.2 Å². The van der Waals surface area contributed by atoms with E-state index in [9.17, 15) is 14.7 Å². The Bertz CT molecular complexity index is 695. The number of rotatable bonds is 7. The average molecular weight is 448 g/mol. The molecule has 5 heteroatoms. The number of ketones is 1. The number of Topliss-reactive ketones (excluding diaryl/α,β-unsaturated/α-hetero) is 1. The zero-order valence-electron chi connectivity index (χ0n) is 20.6. The molecule has 0 aromatic heterocycles. The van der Waals surface area contributed by atoms with E-state index in [1.165, 1.54) is 12.8 Å². The maximum absolute atomic E-state index is 13.0. The van der Waals surface area contributed by atoms with Crippen molar-refractivity contribution >= 4 is 11.8 Å². The van der Waals surface area contributed by atoms with Gasteiger partial charge in [0.25, 0.3) is 0 Å². The SMILES string of the molecule is CCCCC(NC)C(=O)OC1C[C@@H](O)C[C@@H]2CC[C@@H]3[C@H](CC[C@]4(C)[C@@H](C(C)=O)CC[C@@H]34)[C@@H]12. The summed E-state index contributed by atoms with van der Waals surface area (Å²) in [4.78, 5) is 25.4. The molecule has 0 radical (unpaired) electrons. The lowest BCUT2D eigenvalue weighted by Gasteiger charge is -2.57. The molecule has 0 heterocycles. The normalized spacial score (nSPS) is 44.2. The Labute approximate surface area is 194 Å². The van der Waals surface area contributed by atoms with Crippen molar-refractivity contribution < 1.29 is 19.4 Å². The van der Waals surface area contributed by atoms with E-state index in [1.54, 1.807) is 6.92 Å². The molecule has 0 spiro atoms. The van der Waals surface area contributed by atoms with Crippen LogP contribution in [0.4, 0.5) is 0 Å². The summed E-state index contributed by atoms with van der Waals surface area (Å²) in [5.74, 6) is 3.10. The molecule has 4 aliphatic rings. The predicted molar refractivity (Wildman–Crippen MR) is 125 cm³/mol. The van der Waals surface area contributed by atoms with Gasteiger partial charge in [-0.1, -0.05) is 26.7 Å². The van der Waals surface area contributed by atoms with Crippen LogP contribution in [0, 0.1) is 40.9 Å². The largest absolute Gasteiger partial charge is 0.461 e. The number of esters is 1. The number of fused-ring (bicyclic) bond motifs is 5. The maximum Gasteiger partial charge on any atom is 0.323 e. The van der Waals surface area contributed by atoms with Crippen molar-refractivity contribution in [2.75, 3.05) is 7.05 Å². The third-order valence-corrected chi connectivity index (χ3v) is 10.1. The van der Waals surface area contributed by atoms with Crippen molar-refractivity contribution in [3.05, 3.63) is 0 Å². The Kier molecular flexibility index (Phi) is 7.36. The van der Waals surface area contributed by atoms with Crippen LogP contribution < -0.4 is 5.32 Å². The lowest BCUT2D eigenvalue weighted by molar-refractivity contribution is -0.175. The zero-order chi connectivity index (χ0) is 23.0. The van der Waals surface area contributed by atoms with Crippen LogP contribution in [0.15, 0.2) is 0 Å². The van der Waals surface area contributed by atoms with Crippen LogP contribution in [0.25, 0.3) is 0 Å². The molecule has 0 aromatic rings. The number of carbonyl (C=O) groups excluding carboxylic acids is 2. The van der Waals surface area contributed by atoms with Gasteiger partial charge in [-0.15, -0.1) is 0 Å². The topological polar surface area (TPSA) is 75.6 Å². The monoisotopic (exact) mass is 447 g/mol. The summed E-state index contributed by atoms with van der Waals surface area (Å²) >= 11 is 0. The van der Waals surface area contributed by atoms with Gasteiger partial charge in [0.05, 0.1) is 6.10 Å². The quantitative estimate of drug-likeness (QED) is 0.562. The highest BCUT2D eigenvalue weighted by atomic mass is 16.5. The summed E-state index contributed by atoms with van der Waals surface area (Å²) in [6, 6.07) is -0.257. The number of ether oxygens (including phenoxy) is 1. The van der Waals surface area contributed by atoms with Gasteiger partial charge in [0.2, 0.25) is 0 Å². The minimum Gasteiger partial charge on any atom is -0.461 e. The first kappa shape index (κ1) is 24.2. The summed E-state index contributed by atoms with van der Waals surface area (Å²) in [6.07, 6.45) is 10.6. The van der Waals surface area contributed by atoms with Gasteiger partial charge in [-0.2, -0.15) is 0 Å². The van der Waals surface area contributed by atoms with Crippen LogP contribution in [0.2, 0.25) is 0 Å². The second-order valence-corrected chi connectivity index (χ2v) is 11.7. The van der Waals surface area contributed by atoms with E-state index in [0.717, 1.165) is 51.4 Å². The molecule has 32 heavy (non-hydrogen) atoms. The molecule has 4 fully saturated rings. The van der Waals surface area contributed by atoms with Gasteiger partial charge in [0.1, 0.15) is 17.9 Å². The predicted octanol–water partition coefficient (Wildman–Crippen LogP) is 4.51. The summed E-state index contributed by atoms with van der Waals surface area (Å²) in [7, 11) is 1.84. The fourth-order valence-electron chi connectivity index (χ4n) is 8.70. The van der Waals surface area contributed by atoms with Crippen LogP contribution in [0.1, 0.15) is 91.4 Å². The lowest BCUT2D eigenvalue weighted by atomic mass is 9.49. The summed E-state index contributed by atoms with van der Waals surface area (Å²) in [5, 5.41) is 13.8. The first-order chi connectivity index (χ1) is 15.3. The molecule has 2 unspecified atom stereocenters. The molecule has 0 saturated heterocycles. The molecular weight excluding hydrogens is 402 g/mol. The molecule has 5 nitrogen and oxygen atoms in total. The summed E-state index contributed by atoms with van der Waals surface area (Å²) < 4.78 is 6.21. The van der Waals surface area contributed by atoms with E-state index in [4.69, 9.17) is 4.74 Å². The van der Waals surface area contributed by atoms with Crippen molar-refractivity contribution in [1.82, 2.24) is 5.32 Å². The Morgan fingerprint density at radius 2 is 1.91 bits per heavy atom. The van der Waals surface area contributed by atoms with Crippen molar-refractivity contribution in [2.24, 2.45) is 40.9 Å². The Balaban J connectivity index is 1.52. The number of hydrogen-bond acceptors (Lipinski definition) is 5. The number of hydrogen-bond donors (Lipinski definition) is 2. The Morgan fingerprint density at radius 3 is 2.59 bits per heavy atom. The smallest absolute Gasteiger partial charge is 0.323 e. The minimum absolute atomic E-state index is 0.140. The molecule has 4 saturated carbocycles. The zero-order valence-corrected chi connectivity index (χ0v) is 20.6. The van der Waals surface area contributed by atoms with Crippen LogP contribution in [-0.2, 0) is 14.3 Å². The number of likely N-dealkylation sites (N-methyl/N-ethyl adjacent to an activating group) is 1. The first-order valence-electron chi connectivity index (χ1n) is 13.4. The van der Waals surface area contributed by atoms with Crippen LogP contribution in [0.3, 0.4) is 0 Å². The molecule has 0 amide bonds. The molecular formula is C27H45NO4. The molecule has 2 N–H and O–H groups in total. The molecule has 4 aliphatic carbocycles. The highest BCUT2D eigenvalue weighted by Crippen LogP contribution is 2.64. The van der Waals surface area contributed by atoms with Crippen LogP contribution >= 0.6 is 0 Å². The van der Waals surface area contributed by atoms with E-state index in [2.05, 4.69) is 19.2 Å². The fourth-order valence-corrected chi connectivity index (χ4v) is 8.70. The number of nitrogens with one attached hydrogen (secondary N) is 1. The van der Waals surface area contributed by atoms with Crippen molar-refractivity contribution in [3.8, 4) is 0 Å². The maximum atomic E-state index is 13.0. The molecule has 0 aromatic carbocycles. The number of unbranched alkanes of at least 4 members (excludes halogenated alkanes) is 1. The standard InChI is InChI=1S/C27H45NO4/c1-5-6-7-23(28-4)26(31)32-24-15-18(30)14-17-8-9-19-20(25(17)24)12-13-27(3)21(16(2)29)10-11-22(19)27/h17-25,28,30H,5-15H2,1-4H3/t17-,18-,19+,20-,21+,22-,23?,24?,25-,27+/m0/s1. The first-order valence-corrected chi connectivity index (χ1v) is 13.4. The van der Waals surface area contributed by atoms with E-state index in [1.807, 2.05) is 7.05 Å². The van der Waals surface area contributed by atoms with Crippen molar-refractivity contribution in [3.63, 3.8) is 0 Å². The number of carbonyl (C=O) groups is 2. The number of aliphatic hydroxyl groups excluding tert-OH is 1. The van der Waals surface area contributed by atoms with Gasteiger partial charge in [-0.3, -0.25) is 9.59 Å². The summed E-state index contributed by atoms with van der Waals surface area (Å²) in [6.45, 7) is 6.31. The minimum atomic E-state index is -0.364. The second-order valence-electron chi connectivity index (χ2n) is 11.7. The van der Waals surface area contributed by atoms with Gasteiger partial charge in [-0.05, 0) is 94.4 Å². The Hall–Kier alpha value is -0.940. The fraction of sp³-hybridized carbons (Fsp3) is 0.926. The van der Waals surface area contributed by atoms with E-state index < -0.39 is 0 Å². The Morgan fingerprint density at radius 1 is 1.12 bits per heavy atom. The van der Waals surface area contributed by atoms with Gasteiger partial charge < -0.3 is 15.2 Å².